The van der Waals surface area contributed by atoms with Crippen molar-refractivity contribution in [2.24, 2.45) is 11.8 Å². The summed E-state index contributed by atoms with van der Waals surface area (Å²) < 4.78 is 56.9. The minimum absolute atomic E-state index is 0.0168. The van der Waals surface area contributed by atoms with Crippen LogP contribution < -0.4 is 9.47 Å². The number of nitrogens with zero attached hydrogens (tertiary/aromatic N) is 3. The van der Waals surface area contributed by atoms with E-state index in [1.54, 1.807) is 14.2 Å². The topological polar surface area (TPSA) is 182 Å². The highest BCUT2D eigenvalue weighted by molar-refractivity contribution is 7.44. The lowest BCUT2D eigenvalue weighted by Gasteiger charge is -2.43. The van der Waals surface area contributed by atoms with Crippen molar-refractivity contribution in [2.75, 3.05) is 47.2 Å². The number of hydrogen-bond acceptors (Lipinski definition) is 15. The number of ether oxygens (including phenoxy) is 7. The van der Waals surface area contributed by atoms with Crippen LogP contribution in [0.2, 0.25) is 0 Å². The van der Waals surface area contributed by atoms with Crippen LogP contribution in [0, 0.1) is 23.2 Å². The van der Waals surface area contributed by atoms with Gasteiger partial charge in [0, 0.05) is 70.2 Å². The third-order valence-corrected chi connectivity index (χ3v) is 16.4. The SMILES string of the molecule is COc1ccc(C(OC[C@@H]2C[C@@H](OP(OCCC#N)N(C(C)C)C(C)C)CN2C(=O)CCCCCCC(=O)CCCCOC2OC(COC(C)=O)C(OC(C)=O)C(C)C2C)(c2ccccc2)c2ccc(OC)cc2)cc1. The van der Waals surface area contributed by atoms with Gasteiger partial charge in [-0.25, -0.2) is 4.67 Å². The van der Waals surface area contributed by atoms with Gasteiger partial charge in [-0.3, -0.25) is 19.2 Å². The van der Waals surface area contributed by atoms with Crippen LogP contribution in [-0.2, 0) is 57.5 Å². The fraction of sp³-hybridized carbons (Fsp3) is 0.610. The number of ketones is 1. The van der Waals surface area contributed by atoms with Crippen molar-refractivity contribution in [1.82, 2.24) is 9.57 Å². The predicted octanol–water partition coefficient (Wildman–Crippen LogP) is 10.9. The molecule has 5 rings (SSSR count). The number of likely N-dealkylation sites (tertiary alicyclic amines) is 1. The number of esters is 2. The second kappa shape index (κ2) is 31.4. The lowest BCUT2D eigenvalue weighted by Crippen LogP contribution is -2.53. The Morgan fingerprint density at radius 1 is 0.750 bits per heavy atom. The first-order valence-electron chi connectivity index (χ1n) is 27.1. The lowest BCUT2D eigenvalue weighted by molar-refractivity contribution is -0.273. The van der Waals surface area contributed by atoms with Crippen LogP contribution in [0.1, 0.15) is 143 Å². The summed E-state index contributed by atoms with van der Waals surface area (Å²) in [6.07, 6.45) is 4.27. The summed E-state index contributed by atoms with van der Waals surface area (Å²) in [5.41, 5.74) is 1.61. The van der Waals surface area contributed by atoms with E-state index in [1.165, 1.54) is 13.8 Å². The fourth-order valence-electron chi connectivity index (χ4n) is 10.1. The number of rotatable bonds is 32. The number of benzene rings is 3. The van der Waals surface area contributed by atoms with Crippen molar-refractivity contribution >= 4 is 32.2 Å². The first-order chi connectivity index (χ1) is 36.5. The van der Waals surface area contributed by atoms with Gasteiger partial charge >= 0.3 is 11.9 Å². The monoisotopic (exact) mass is 1070 g/mol. The van der Waals surface area contributed by atoms with Crippen molar-refractivity contribution in [2.45, 2.75) is 174 Å². The van der Waals surface area contributed by atoms with Crippen molar-refractivity contribution in [3.8, 4) is 17.6 Å². The molecule has 2 aliphatic heterocycles. The molecule has 76 heavy (non-hydrogen) atoms. The van der Waals surface area contributed by atoms with Gasteiger partial charge in [0.1, 0.15) is 41.7 Å². The molecule has 16 nitrogen and oxygen atoms in total. The van der Waals surface area contributed by atoms with E-state index in [4.69, 9.17) is 42.2 Å². The van der Waals surface area contributed by atoms with Gasteiger partial charge < -0.3 is 47.1 Å². The third-order valence-electron chi connectivity index (χ3n) is 14.2. The number of methoxy groups -OCH3 is 2. The molecule has 0 radical (unpaired) electrons. The molecule has 0 saturated carbocycles. The molecule has 0 aliphatic carbocycles. The molecular formula is C59H84N3O13P. The zero-order chi connectivity index (χ0) is 55.2. The molecule has 2 saturated heterocycles. The van der Waals surface area contributed by atoms with E-state index >= 15 is 0 Å². The Morgan fingerprint density at radius 2 is 1.33 bits per heavy atom. The summed E-state index contributed by atoms with van der Waals surface area (Å²) in [5.74, 6) is 0.585. The Hall–Kier alpha value is -4.98. The van der Waals surface area contributed by atoms with Gasteiger partial charge in [-0.2, -0.15) is 5.26 Å². The average Bonchev–Trinajstić information content (AvgIpc) is 3.82. The zero-order valence-electron chi connectivity index (χ0n) is 46.6. The number of carbonyl (C=O) groups excluding carboxylic acids is 4. The summed E-state index contributed by atoms with van der Waals surface area (Å²) in [6, 6.07) is 28.0. The Kier molecular flexibility index (Phi) is 25.6. The third kappa shape index (κ3) is 17.8. The van der Waals surface area contributed by atoms with Crippen LogP contribution in [0.3, 0.4) is 0 Å². The molecule has 0 spiro atoms. The largest absolute Gasteiger partial charge is 0.497 e. The van der Waals surface area contributed by atoms with Gasteiger partial charge in [-0.05, 0) is 101 Å². The van der Waals surface area contributed by atoms with Crippen LogP contribution in [0.25, 0.3) is 0 Å². The number of carbonyl (C=O) groups is 4. The van der Waals surface area contributed by atoms with E-state index in [2.05, 4.69) is 50.6 Å². The smallest absolute Gasteiger partial charge is 0.303 e. The second-order valence-electron chi connectivity index (χ2n) is 20.4. The highest BCUT2D eigenvalue weighted by atomic mass is 31.2. The van der Waals surface area contributed by atoms with Crippen molar-refractivity contribution in [1.29, 1.82) is 5.26 Å². The van der Waals surface area contributed by atoms with Crippen LogP contribution in [0.5, 0.6) is 11.5 Å². The Labute approximate surface area is 453 Å². The first kappa shape index (κ1) is 61.9. The highest BCUT2D eigenvalue weighted by Crippen LogP contribution is 2.49. The van der Waals surface area contributed by atoms with Crippen LogP contribution >= 0.6 is 8.53 Å². The van der Waals surface area contributed by atoms with E-state index in [1.807, 2.05) is 85.5 Å². The van der Waals surface area contributed by atoms with E-state index in [-0.39, 0.29) is 74.0 Å². The molecule has 2 fully saturated rings. The molecule has 3 aromatic rings. The normalized spacial score (nSPS) is 21.1. The maximum absolute atomic E-state index is 14.5. The van der Waals surface area contributed by atoms with E-state index in [0.29, 0.717) is 69.6 Å². The number of unbranched alkanes of at least 4 members (excludes halogenated alkanes) is 4. The molecule has 0 aromatic heterocycles. The van der Waals surface area contributed by atoms with Gasteiger partial charge in [-0.1, -0.05) is 81.3 Å². The molecule has 8 atom stereocenters. The molecular weight excluding hydrogens is 990 g/mol. The minimum Gasteiger partial charge on any atom is -0.497 e. The van der Waals surface area contributed by atoms with Gasteiger partial charge in [0.25, 0.3) is 8.53 Å². The maximum Gasteiger partial charge on any atom is 0.303 e. The molecule has 2 aliphatic rings. The number of nitriles is 1. The summed E-state index contributed by atoms with van der Waals surface area (Å²) in [5, 5.41) is 9.37. The molecule has 17 heteroatoms. The van der Waals surface area contributed by atoms with Crippen molar-refractivity contribution < 1.29 is 61.4 Å². The summed E-state index contributed by atoms with van der Waals surface area (Å²) in [6.45, 7) is 16.2. The summed E-state index contributed by atoms with van der Waals surface area (Å²) in [4.78, 5) is 52.7. The molecule has 6 unspecified atom stereocenters. The molecule has 1 amide bonds. The van der Waals surface area contributed by atoms with E-state index in [9.17, 15) is 24.4 Å². The second-order valence-corrected chi connectivity index (χ2v) is 21.9. The standard InChI is InChI=1S/C59H84N3O13P/c1-41(2)62(42(3)4)76(72-36-20-34-60)75-54-37-50(39-71-59(47-21-14-13-15-22-47,48-26-30-52(67-9)31-27-48)49-28-32-53(68-10)33-29-49)61(38-54)56(66)25-17-12-11-16-23-51(65)24-18-19-35-69-58-44(6)43(5)57(73-46(8)64)55(74-58)40-70-45(7)63/h13-15,21-22,26-33,41-44,50,54-55,57-58H,11-12,16-20,23-25,35-40H2,1-10H3/t43?,44?,50-,54+,55?,57?,58?,76?/m0/s1. The molecule has 2 heterocycles. The van der Waals surface area contributed by atoms with Crippen LogP contribution in [0.4, 0.5) is 0 Å². The first-order valence-corrected chi connectivity index (χ1v) is 28.3. The van der Waals surface area contributed by atoms with Crippen LogP contribution in [0.15, 0.2) is 78.9 Å². The maximum atomic E-state index is 14.5. The van der Waals surface area contributed by atoms with Crippen molar-refractivity contribution in [3.63, 3.8) is 0 Å². The molecule has 3 aromatic carbocycles. The Bertz CT molecular complexity index is 2220. The molecule has 418 valence electrons. The highest BCUT2D eigenvalue weighted by Gasteiger charge is 2.46. The molecule has 0 N–H and O–H groups in total. The van der Waals surface area contributed by atoms with Crippen molar-refractivity contribution in [3.05, 3.63) is 95.6 Å². The zero-order valence-corrected chi connectivity index (χ0v) is 47.5. The molecule has 0 bridgehead atoms. The van der Waals surface area contributed by atoms with Gasteiger partial charge in [0.15, 0.2) is 6.29 Å². The van der Waals surface area contributed by atoms with Crippen LogP contribution in [-0.4, -0.2) is 123 Å². The Morgan fingerprint density at radius 3 is 1.88 bits per heavy atom. The quantitative estimate of drug-likeness (QED) is 0.0249. The predicted molar refractivity (Wildman–Crippen MR) is 290 cm³/mol. The minimum atomic E-state index is -1.56. The van der Waals surface area contributed by atoms with E-state index in [0.717, 1.165) is 36.0 Å². The van der Waals surface area contributed by atoms with Gasteiger partial charge in [0.2, 0.25) is 5.91 Å². The number of hydrogen-bond donors (Lipinski definition) is 0. The number of Topliss-reactive ketones (excluding diaryl/α,β-unsaturated/α-hetero) is 1. The summed E-state index contributed by atoms with van der Waals surface area (Å²) in [7, 11) is 1.72. The number of amides is 1. The Balaban J connectivity index is 1.21. The van der Waals surface area contributed by atoms with Gasteiger partial charge in [0.05, 0.1) is 52.1 Å². The average molecular weight is 1070 g/mol. The lowest BCUT2D eigenvalue weighted by atomic mass is 9.80. The summed E-state index contributed by atoms with van der Waals surface area (Å²) >= 11 is 0. The fourth-order valence-corrected chi connectivity index (χ4v) is 11.8. The van der Waals surface area contributed by atoms with Gasteiger partial charge in [-0.15, -0.1) is 0 Å². The van der Waals surface area contributed by atoms with E-state index < -0.39 is 44.6 Å².